The fourth-order valence-electron chi connectivity index (χ4n) is 9.33. The molecule has 0 unspecified atom stereocenters. The molecule has 4 saturated carbocycles. The zero-order valence-corrected chi connectivity index (χ0v) is 20.9. The summed E-state index contributed by atoms with van der Waals surface area (Å²) in [6.07, 6.45) is 12.9. The standard InChI is InChI=1S/C28H43N3O2/c1-4-33-18-28(32)13-10-22-20(15-28)5-6-24-23(22)9-12-27(3)25(7-8-26(24)27)19(2)17-31-21(16-29)11-14-30-31/h11,14,19-20,22-26,32H,4-10,12-13,15,17-18H2,1-3H3/t19-,20+,22+,23-,24-,25-,26+,27-,28-/m1/s1. The minimum atomic E-state index is -0.587. The summed E-state index contributed by atoms with van der Waals surface area (Å²) in [6.45, 7) is 9.09. The first-order valence-electron chi connectivity index (χ1n) is 13.6. The first-order valence-corrected chi connectivity index (χ1v) is 13.6. The van der Waals surface area contributed by atoms with Crippen molar-refractivity contribution >= 4 is 0 Å². The van der Waals surface area contributed by atoms with Crippen LogP contribution in [0.1, 0.15) is 84.3 Å². The molecule has 0 aromatic carbocycles. The third-order valence-corrected chi connectivity index (χ3v) is 10.7. The highest BCUT2D eigenvalue weighted by Crippen LogP contribution is 2.65. The molecule has 0 aliphatic heterocycles. The third kappa shape index (κ3) is 4.06. The van der Waals surface area contributed by atoms with Gasteiger partial charge in [-0.25, -0.2) is 0 Å². The Hall–Kier alpha value is -1.38. The molecule has 0 amide bonds. The summed E-state index contributed by atoms with van der Waals surface area (Å²) in [4.78, 5) is 0. The second-order valence-electron chi connectivity index (χ2n) is 12.3. The maximum atomic E-state index is 11.1. The van der Waals surface area contributed by atoms with E-state index in [-0.39, 0.29) is 0 Å². The van der Waals surface area contributed by atoms with E-state index in [1.165, 1.54) is 44.9 Å². The molecule has 4 aliphatic rings. The summed E-state index contributed by atoms with van der Waals surface area (Å²) in [6, 6.07) is 4.12. The van der Waals surface area contributed by atoms with Crippen LogP contribution < -0.4 is 0 Å². The van der Waals surface area contributed by atoms with Crippen molar-refractivity contribution < 1.29 is 9.84 Å². The minimum Gasteiger partial charge on any atom is -0.387 e. The van der Waals surface area contributed by atoms with E-state index in [1.807, 2.05) is 17.7 Å². The van der Waals surface area contributed by atoms with E-state index in [1.54, 1.807) is 6.20 Å². The maximum Gasteiger partial charge on any atom is 0.138 e. The number of ether oxygens (including phenoxy) is 1. The van der Waals surface area contributed by atoms with E-state index in [9.17, 15) is 10.4 Å². The SMILES string of the molecule is CCOC[C@@]1(O)CC[C@H]2[C@@H](CC[C@@H]3[C@@H]2CC[C@]2(C)[C@@H]([C@H](C)Cn4nccc4C#N)CC[C@@H]32)C1. The lowest BCUT2D eigenvalue weighted by atomic mass is 9.48. The monoisotopic (exact) mass is 453 g/mol. The smallest absolute Gasteiger partial charge is 0.138 e. The molecule has 182 valence electrons. The number of aliphatic hydroxyl groups is 1. The largest absolute Gasteiger partial charge is 0.387 e. The van der Waals surface area contributed by atoms with Gasteiger partial charge in [0.2, 0.25) is 0 Å². The van der Waals surface area contributed by atoms with Crippen LogP contribution in [0.3, 0.4) is 0 Å². The number of nitrogens with zero attached hydrogens (tertiary/aromatic N) is 3. The topological polar surface area (TPSA) is 71.1 Å². The Labute approximate surface area is 199 Å². The minimum absolute atomic E-state index is 0.428. The second-order valence-corrected chi connectivity index (χ2v) is 12.3. The van der Waals surface area contributed by atoms with Crippen LogP contribution in [-0.4, -0.2) is 33.7 Å². The molecule has 9 atom stereocenters. The average molecular weight is 454 g/mol. The lowest BCUT2D eigenvalue weighted by Gasteiger charge is -2.57. The zero-order valence-electron chi connectivity index (χ0n) is 20.9. The third-order valence-electron chi connectivity index (χ3n) is 10.7. The highest BCUT2D eigenvalue weighted by molar-refractivity contribution is 5.18. The average Bonchev–Trinajstić information content (AvgIpc) is 3.40. The Balaban J connectivity index is 1.27. The summed E-state index contributed by atoms with van der Waals surface area (Å²) in [5.41, 5.74) is 0.526. The maximum absolute atomic E-state index is 11.1. The van der Waals surface area contributed by atoms with Crippen LogP contribution in [0.25, 0.3) is 0 Å². The normalized spacial score (nSPS) is 43.2. The molecule has 0 saturated heterocycles. The van der Waals surface area contributed by atoms with Crippen molar-refractivity contribution in [2.24, 2.45) is 46.8 Å². The molecule has 1 aromatic rings. The Morgan fingerprint density at radius 1 is 1.18 bits per heavy atom. The number of fused-ring (bicyclic) bond motifs is 5. The van der Waals surface area contributed by atoms with Gasteiger partial charge in [0.25, 0.3) is 0 Å². The zero-order chi connectivity index (χ0) is 23.2. The van der Waals surface area contributed by atoms with Gasteiger partial charge in [-0.1, -0.05) is 13.8 Å². The Bertz CT molecular complexity index is 877. The van der Waals surface area contributed by atoms with Crippen molar-refractivity contribution in [3.05, 3.63) is 18.0 Å². The fourth-order valence-corrected chi connectivity index (χ4v) is 9.33. The second kappa shape index (κ2) is 9.00. The summed E-state index contributed by atoms with van der Waals surface area (Å²) < 4.78 is 7.56. The molecule has 0 spiro atoms. The van der Waals surface area contributed by atoms with Crippen LogP contribution in [-0.2, 0) is 11.3 Å². The van der Waals surface area contributed by atoms with E-state index in [2.05, 4.69) is 25.0 Å². The van der Waals surface area contributed by atoms with Gasteiger partial charge in [0.1, 0.15) is 11.8 Å². The van der Waals surface area contributed by atoms with Gasteiger partial charge in [-0.05, 0) is 118 Å². The molecular formula is C28H43N3O2. The van der Waals surface area contributed by atoms with E-state index in [0.29, 0.717) is 36.2 Å². The number of hydrogen-bond acceptors (Lipinski definition) is 4. The molecule has 33 heavy (non-hydrogen) atoms. The van der Waals surface area contributed by atoms with Gasteiger partial charge in [0.05, 0.1) is 18.4 Å². The molecular weight excluding hydrogens is 410 g/mol. The van der Waals surface area contributed by atoms with Gasteiger partial charge in [-0.2, -0.15) is 10.4 Å². The molecule has 1 aromatic heterocycles. The molecule has 0 bridgehead atoms. The molecule has 1 N–H and O–H groups in total. The molecule has 0 radical (unpaired) electrons. The molecule has 4 fully saturated rings. The predicted octanol–water partition coefficient (Wildman–Crippen LogP) is 5.43. The molecule has 5 rings (SSSR count). The van der Waals surface area contributed by atoms with Gasteiger partial charge in [-0.3, -0.25) is 4.68 Å². The van der Waals surface area contributed by atoms with Crippen molar-refractivity contribution in [1.29, 1.82) is 5.26 Å². The van der Waals surface area contributed by atoms with Crippen molar-refractivity contribution in [1.82, 2.24) is 9.78 Å². The van der Waals surface area contributed by atoms with Crippen LogP contribution >= 0.6 is 0 Å². The first kappa shape index (κ1) is 23.4. The van der Waals surface area contributed by atoms with Crippen LogP contribution in [0, 0.1) is 58.2 Å². The number of nitriles is 1. The van der Waals surface area contributed by atoms with Crippen LogP contribution in [0.2, 0.25) is 0 Å². The summed E-state index contributed by atoms with van der Waals surface area (Å²) in [7, 11) is 0. The molecule has 5 nitrogen and oxygen atoms in total. The van der Waals surface area contributed by atoms with Crippen molar-refractivity contribution in [3.63, 3.8) is 0 Å². The summed E-state index contributed by atoms with van der Waals surface area (Å²) in [5, 5.41) is 24.9. The Morgan fingerprint density at radius 2 is 2.00 bits per heavy atom. The molecule has 4 aliphatic carbocycles. The van der Waals surface area contributed by atoms with Crippen molar-refractivity contribution in [3.8, 4) is 6.07 Å². The number of hydrogen-bond donors (Lipinski definition) is 1. The van der Waals surface area contributed by atoms with E-state index in [4.69, 9.17) is 4.74 Å². The van der Waals surface area contributed by atoms with Gasteiger partial charge >= 0.3 is 0 Å². The van der Waals surface area contributed by atoms with Gasteiger partial charge in [0, 0.05) is 13.2 Å². The van der Waals surface area contributed by atoms with Crippen LogP contribution in [0.5, 0.6) is 0 Å². The number of aromatic nitrogens is 2. The van der Waals surface area contributed by atoms with Crippen LogP contribution in [0.4, 0.5) is 0 Å². The summed E-state index contributed by atoms with van der Waals surface area (Å²) in [5.74, 6) is 5.36. The summed E-state index contributed by atoms with van der Waals surface area (Å²) >= 11 is 0. The quantitative estimate of drug-likeness (QED) is 0.624. The highest BCUT2D eigenvalue weighted by atomic mass is 16.5. The Kier molecular flexibility index (Phi) is 6.38. The predicted molar refractivity (Wildman–Crippen MR) is 128 cm³/mol. The van der Waals surface area contributed by atoms with Crippen molar-refractivity contribution in [2.45, 2.75) is 90.7 Å². The van der Waals surface area contributed by atoms with Crippen molar-refractivity contribution in [2.75, 3.05) is 13.2 Å². The van der Waals surface area contributed by atoms with Gasteiger partial charge in [0.15, 0.2) is 0 Å². The van der Waals surface area contributed by atoms with Gasteiger partial charge < -0.3 is 9.84 Å². The van der Waals surface area contributed by atoms with E-state index in [0.717, 1.165) is 49.0 Å². The van der Waals surface area contributed by atoms with Gasteiger partial charge in [-0.15, -0.1) is 0 Å². The lowest BCUT2D eigenvalue weighted by Crippen LogP contribution is -2.52. The lowest BCUT2D eigenvalue weighted by molar-refractivity contribution is -0.129. The molecule has 5 heteroatoms. The Morgan fingerprint density at radius 3 is 2.79 bits per heavy atom. The highest BCUT2D eigenvalue weighted by Gasteiger charge is 2.58. The van der Waals surface area contributed by atoms with E-state index < -0.39 is 5.60 Å². The number of rotatable bonds is 6. The van der Waals surface area contributed by atoms with Crippen LogP contribution in [0.15, 0.2) is 12.3 Å². The fraction of sp³-hybridized carbons (Fsp3) is 0.857. The molecule has 1 heterocycles. The van der Waals surface area contributed by atoms with E-state index >= 15 is 0 Å². The first-order chi connectivity index (χ1) is 15.9.